The standard InChI is InChI=1S/C20H26N2O3/c1-14(2)16-9-7-8-15(3)19(16)22-20(23)21-12-13-25-18-11-6-5-10-17(18)24-4/h5-11,14H,12-13H2,1-4H3,(H2,21,22,23). The normalized spacial score (nSPS) is 10.4. The van der Waals surface area contributed by atoms with E-state index in [0.29, 0.717) is 30.6 Å². The fourth-order valence-corrected chi connectivity index (χ4v) is 2.56. The van der Waals surface area contributed by atoms with Crippen LogP contribution in [-0.4, -0.2) is 26.3 Å². The lowest BCUT2D eigenvalue weighted by atomic mass is 9.98. The zero-order valence-corrected chi connectivity index (χ0v) is 15.3. The molecule has 0 radical (unpaired) electrons. The van der Waals surface area contributed by atoms with Crippen LogP contribution in [0, 0.1) is 6.92 Å². The fourth-order valence-electron chi connectivity index (χ4n) is 2.56. The summed E-state index contributed by atoms with van der Waals surface area (Å²) in [6, 6.07) is 13.2. The topological polar surface area (TPSA) is 59.6 Å². The number of carbonyl (C=O) groups excluding carboxylic acids is 1. The zero-order valence-electron chi connectivity index (χ0n) is 15.3. The number of hydrogen-bond acceptors (Lipinski definition) is 3. The van der Waals surface area contributed by atoms with E-state index in [1.807, 2.05) is 49.4 Å². The van der Waals surface area contributed by atoms with Crippen LogP contribution in [0.4, 0.5) is 10.5 Å². The van der Waals surface area contributed by atoms with Gasteiger partial charge in [-0.1, -0.05) is 44.2 Å². The van der Waals surface area contributed by atoms with Crippen molar-refractivity contribution in [2.45, 2.75) is 26.7 Å². The minimum absolute atomic E-state index is 0.236. The molecule has 0 unspecified atom stereocenters. The number of amides is 2. The quantitative estimate of drug-likeness (QED) is 0.736. The summed E-state index contributed by atoms with van der Waals surface area (Å²) in [5, 5.41) is 5.77. The van der Waals surface area contributed by atoms with Gasteiger partial charge in [0.05, 0.1) is 13.7 Å². The monoisotopic (exact) mass is 342 g/mol. The molecule has 0 atom stereocenters. The average molecular weight is 342 g/mol. The molecule has 0 bridgehead atoms. The third-order valence-corrected chi connectivity index (χ3v) is 3.88. The van der Waals surface area contributed by atoms with Gasteiger partial charge in [-0.05, 0) is 36.1 Å². The molecule has 0 fully saturated rings. The van der Waals surface area contributed by atoms with Crippen molar-refractivity contribution < 1.29 is 14.3 Å². The Hall–Kier alpha value is -2.69. The van der Waals surface area contributed by atoms with E-state index in [0.717, 1.165) is 16.8 Å². The molecule has 2 rings (SSSR count). The van der Waals surface area contributed by atoms with Gasteiger partial charge in [0.1, 0.15) is 6.61 Å². The Labute approximate surface area is 149 Å². The number of carbonyl (C=O) groups is 1. The van der Waals surface area contributed by atoms with E-state index in [1.54, 1.807) is 7.11 Å². The first-order valence-electron chi connectivity index (χ1n) is 8.43. The fraction of sp³-hybridized carbons (Fsp3) is 0.350. The smallest absolute Gasteiger partial charge is 0.319 e. The highest BCUT2D eigenvalue weighted by Crippen LogP contribution is 2.27. The van der Waals surface area contributed by atoms with Gasteiger partial charge >= 0.3 is 6.03 Å². The minimum Gasteiger partial charge on any atom is -0.493 e. The van der Waals surface area contributed by atoms with Gasteiger partial charge < -0.3 is 20.1 Å². The second kappa shape index (κ2) is 8.97. The SMILES string of the molecule is COc1ccccc1OCCNC(=O)Nc1c(C)cccc1C(C)C. The number of aryl methyl sites for hydroxylation is 1. The first-order chi connectivity index (χ1) is 12.0. The van der Waals surface area contributed by atoms with Crippen molar-refractivity contribution in [1.29, 1.82) is 0 Å². The van der Waals surface area contributed by atoms with Crippen molar-refractivity contribution in [3.63, 3.8) is 0 Å². The van der Waals surface area contributed by atoms with Crippen molar-refractivity contribution >= 4 is 11.7 Å². The second-order valence-electron chi connectivity index (χ2n) is 6.07. The van der Waals surface area contributed by atoms with Crippen molar-refractivity contribution in [3.8, 4) is 11.5 Å². The summed E-state index contributed by atoms with van der Waals surface area (Å²) in [4.78, 5) is 12.2. The summed E-state index contributed by atoms with van der Waals surface area (Å²) in [6.07, 6.45) is 0. The molecule has 5 nitrogen and oxygen atoms in total. The van der Waals surface area contributed by atoms with Gasteiger partial charge in [-0.2, -0.15) is 0 Å². The molecule has 2 amide bonds. The minimum atomic E-state index is -0.236. The summed E-state index contributed by atoms with van der Waals surface area (Å²) < 4.78 is 10.9. The zero-order chi connectivity index (χ0) is 18.2. The third kappa shape index (κ3) is 5.14. The van der Waals surface area contributed by atoms with Crippen LogP contribution >= 0.6 is 0 Å². The Morgan fingerprint density at radius 1 is 1.08 bits per heavy atom. The second-order valence-corrected chi connectivity index (χ2v) is 6.07. The summed E-state index contributed by atoms with van der Waals surface area (Å²) in [5.74, 6) is 1.67. The Bertz CT molecular complexity index is 714. The highest BCUT2D eigenvalue weighted by Gasteiger charge is 2.11. The molecular formula is C20H26N2O3. The predicted octanol–water partition coefficient (Wildman–Crippen LogP) is 4.33. The van der Waals surface area contributed by atoms with Crippen LogP contribution in [0.1, 0.15) is 30.9 Å². The van der Waals surface area contributed by atoms with E-state index in [1.165, 1.54) is 0 Å². The molecule has 0 aliphatic carbocycles. The Balaban J connectivity index is 1.86. The number of methoxy groups -OCH3 is 1. The summed E-state index contributed by atoms with van der Waals surface area (Å²) in [7, 11) is 1.60. The molecule has 5 heteroatoms. The van der Waals surface area contributed by atoms with Crippen LogP contribution in [-0.2, 0) is 0 Å². The molecule has 0 saturated heterocycles. The Kier molecular flexibility index (Phi) is 6.69. The maximum atomic E-state index is 12.2. The molecule has 25 heavy (non-hydrogen) atoms. The summed E-state index contributed by atoms with van der Waals surface area (Å²) in [5.41, 5.74) is 3.05. The molecule has 2 N–H and O–H groups in total. The summed E-state index contributed by atoms with van der Waals surface area (Å²) in [6.45, 7) is 6.97. The van der Waals surface area contributed by atoms with Crippen molar-refractivity contribution in [1.82, 2.24) is 5.32 Å². The van der Waals surface area contributed by atoms with E-state index >= 15 is 0 Å². The van der Waals surface area contributed by atoms with E-state index < -0.39 is 0 Å². The predicted molar refractivity (Wildman–Crippen MR) is 101 cm³/mol. The van der Waals surface area contributed by atoms with Gasteiger partial charge in [0.15, 0.2) is 11.5 Å². The van der Waals surface area contributed by atoms with Crippen LogP contribution in [0.15, 0.2) is 42.5 Å². The molecule has 0 aliphatic heterocycles. The first-order valence-corrected chi connectivity index (χ1v) is 8.43. The van der Waals surface area contributed by atoms with Crippen LogP contribution in [0.5, 0.6) is 11.5 Å². The van der Waals surface area contributed by atoms with Gasteiger partial charge in [0.2, 0.25) is 0 Å². The molecule has 0 saturated carbocycles. The van der Waals surface area contributed by atoms with Crippen LogP contribution in [0.25, 0.3) is 0 Å². The van der Waals surface area contributed by atoms with Gasteiger partial charge in [0, 0.05) is 5.69 Å². The van der Waals surface area contributed by atoms with Gasteiger partial charge in [-0.15, -0.1) is 0 Å². The maximum Gasteiger partial charge on any atom is 0.319 e. The van der Waals surface area contributed by atoms with Crippen LogP contribution < -0.4 is 20.1 Å². The highest BCUT2D eigenvalue weighted by molar-refractivity contribution is 5.91. The van der Waals surface area contributed by atoms with Gasteiger partial charge in [0.25, 0.3) is 0 Å². The van der Waals surface area contributed by atoms with E-state index in [2.05, 4.69) is 24.5 Å². The van der Waals surface area contributed by atoms with Crippen LogP contribution in [0.2, 0.25) is 0 Å². The number of nitrogens with one attached hydrogen (secondary N) is 2. The molecule has 2 aromatic rings. The number of rotatable bonds is 7. The lowest BCUT2D eigenvalue weighted by molar-refractivity contribution is 0.246. The number of para-hydroxylation sites is 3. The van der Waals surface area contributed by atoms with E-state index in [-0.39, 0.29) is 6.03 Å². The Morgan fingerprint density at radius 2 is 1.80 bits per heavy atom. The lowest BCUT2D eigenvalue weighted by Crippen LogP contribution is -2.32. The highest BCUT2D eigenvalue weighted by atomic mass is 16.5. The largest absolute Gasteiger partial charge is 0.493 e. The molecule has 134 valence electrons. The third-order valence-electron chi connectivity index (χ3n) is 3.88. The van der Waals surface area contributed by atoms with Crippen LogP contribution in [0.3, 0.4) is 0 Å². The van der Waals surface area contributed by atoms with E-state index in [4.69, 9.17) is 9.47 Å². The number of urea groups is 1. The molecule has 0 aliphatic rings. The average Bonchev–Trinajstić information content (AvgIpc) is 2.60. The molecule has 0 heterocycles. The van der Waals surface area contributed by atoms with Crippen molar-refractivity contribution in [2.75, 3.05) is 25.6 Å². The molecule has 0 spiro atoms. The number of hydrogen-bond donors (Lipinski definition) is 2. The lowest BCUT2D eigenvalue weighted by Gasteiger charge is -2.17. The van der Waals surface area contributed by atoms with Crippen molar-refractivity contribution in [3.05, 3.63) is 53.6 Å². The Morgan fingerprint density at radius 3 is 2.48 bits per heavy atom. The van der Waals surface area contributed by atoms with E-state index in [9.17, 15) is 4.79 Å². The first kappa shape index (κ1) is 18.6. The maximum absolute atomic E-state index is 12.2. The number of anilines is 1. The molecule has 2 aromatic carbocycles. The van der Waals surface area contributed by atoms with Gasteiger partial charge in [-0.3, -0.25) is 0 Å². The molecular weight excluding hydrogens is 316 g/mol. The number of benzene rings is 2. The van der Waals surface area contributed by atoms with Crippen molar-refractivity contribution in [2.24, 2.45) is 0 Å². The van der Waals surface area contributed by atoms with Gasteiger partial charge in [-0.25, -0.2) is 4.79 Å². The number of ether oxygens (including phenoxy) is 2. The molecule has 0 aromatic heterocycles. The summed E-state index contributed by atoms with van der Waals surface area (Å²) >= 11 is 0.